The molecule has 1 saturated carbocycles. The van der Waals surface area contributed by atoms with Gasteiger partial charge in [-0.3, -0.25) is 0 Å². The predicted octanol–water partition coefficient (Wildman–Crippen LogP) is 2.04. The minimum Gasteiger partial charge on any atom is -0.490 e. The van der Waals surface area contributed by atoms with E-state index in [9.17, 15) is 4.79 Å². The minimum absolute atomic E-state index is 0.203. The van der Waals surface area contributed by atoms with E-state index in [0.29, 0.717) is 24.9 Å². The highest BCUT2D eigenvalue weighted by Crippen LogP contribution is 2.39. The van der Waals surface area contributed by atoms with E-state index >= 15 is 0 Å². The van der Waals surface area contributed by atoms with Crippen molar-refractivity contribution in [2.45, 2.75) is 18.9 Å². The van der Waals surface area contributed by atoms with Gasteiger partial charge in [0, 0.05) is 18.8 Å². The summed E-state index contributed by atoms with van der Waals surface area (Å²) >= 11 is 0. The molecule has 5 nitrogen and oxygen atoms in total. The molecular formula is C14H18N2O3. The molecule has 1 heterocycles. The van der Waals surface area contributed by atoms with Gasteiger partial charge in [-0.2, -0.15) is 0 Å². The molecule has 0 aromatic heterocycles. The number of carboxylic acid groups (broad SMARTS) is 1. The standard InChI is InChI=1S/C14H18N2O3/c15-11-1-3-12(4-2-11)19-13-5-9-7-16(14(17)18)8-10(9)6-13/h1-4,9-10,13H,5-8,15H2,(H,17,18)/t9-,10+,13?. The van der Waals surface area contributed by atoms with Gasteiger partial charge in [0.1, 0.15) is 5.75 Å². The van der Waals surface area contributed by atoms with E-state index in [4.69, 9.17) is 15.6 Å². The number of hydrogen-bond donors (Lipinski definition) is 2. The lowest BCUT2D eigenvalue weighted by Crippen LogP contribution is -2.29. The van der Waals surface area contributed by atoms with Crippen LogP contribution in [0.4, 0.5) is 10.5 Å². The molecule has 1 aliphatic carbocycles. The molecule has 3 rings (SSSR count). The Balaban J connectivity index is 1.57. The number of benzene rings is 1. The van der Waals surface area contributed by atoms with Crippen LogP contribution >= 0.6 is 0 Å². The van der Waals surface area contributed by atoms with Crippen molar-refractivity contribution >= 4 is 11.8 Å². The Morgan fingerprint density at radius 3 is 2.32 bits per heavy atom. The zero-order valence-electron chi connectivity index (χ0n) is 10.7. The van der Waals surface area contributed by atoms with Gasteiger partial charge in [0.2, 0.25) is 0 Å². The molecule has 3 atom stereocenters. The van der Waals surface area contributed by atoms with Crippen LogP contribution < -0.4 is 10.5 Å². The van der Waals surface area contributed by atoms with Gasteiger partial charge < -0.3 is 20.5 Å². The average Bonchev–Trinajstić information content (AvgIpc) is 2.90. The summed E-state index contributed by atoms with van der Waals surface area (Å²) in [6, 6.07) is 7.43. The number of ether oxygens (including phenoxy) is 1. The molecule has 1 aromatic carbocycles. The molecule has 1 unspecified atom stereocenters. The second-order valence-corrected chi connectivity index (χ2v) is 5.49. The minimum atomic E-state index is -0.801. The fourth-order valence-corrected chi connectivity index (χ4v) is 3.24. The van der Waals surface area contributed by atoms with Crippen molar-refractivity contribution in [2.75, 3.05) is 18.8 Å². The van der Waals surface area contributed by atoms with Gasteiger partial charge in [0.15, 0.2) is 0 Å². The summed E-state index contributed by atoms with van der Waals surface area (Å²) in [6.45, 7) is 1.31. The van der Waals surface area contributed by atoms with E-state index in [1.165, 1.54) is 4.90 Å². The lowest BCUT2D eigenvalue weighted by Gasteiger charge is -2.17. The molecule has 1 aromatic rings. The van der Waals surface area contributed by atoms with Gasteiger partial charge in [-0.05, 0) is 48.9 Å². The summed E-state index contributed by atoms with van der Waals surface area (Å²) in [4.78, 5) is 12.4. The van der Waals surface area contributed by atoms with E-state index in [-0.39, 0.29) is 6.10 Å². The monoisotopic (exact) mass is 262 g/mol. The van der Waals surface area contributed by atoms with Crippen molar-refractivity contribution in [1.82, 2.24) is 4.90 Å². The summed E-state index contributed by atoms with van der Waals surface area (Å²) in [5.74, 6) is 1.75. The van der Waals surface area contributed by atoms with E-state index in [2.05, 4.69) is 0 Å². The summed E-state index contributed by atoms with van der Waals surface area (Å²) in [7, 11) is 0. The Morgan fingerprint density at radius 1 is 1.21 bits per heavy atom. The highest BCUT2D eigenvalue weighted by molar-refractivity contribution is 5.65. The molecule has 5 heteroatoms. The van der Waals surface area contributed by atoms with Crippen molar-refractivity contribution in [1.29, 1.82) is 0 Å². The van der Waals surface area contributed by atoms with E-state index in [1.807, 2.05) is 24.3 Å². The van der Waals surface area contributed by atoms with Gasteiger partial charge in [-0.1, -0.05) is 0 Å². The van der Waals surface area contributed by atoms with Crippen molar-refractivity contribution in [3.63, 3.8) is 0 Å². The van der Waals surface area contributed by atoms with Crippen molar-refractivity contribution in [3.8, 4) is 5.75 Å². The first-order valence-electron chi connectivity index (χ1n) is 6.62. The molecule has 0 bridgehead atoms. The second-order valence-electron chi connectivity index (χ2n) is 5.49. The molecule has 2 aliphatic rings. The Hall–Kier alpha value is -1.91. The van der Waals surface area contributed by atoms with Crippen LogP contribution in [0.5, 0.6) is 5.75 Å². The highest BCUT2D eigenvalue weighted by atomic mass is 16.5. The van der Waals surface area contributed by atoms with E-state index in [0.717, 1.165) is 24.3 Å². The van der Waals surface area contributed by atoms with Crippen LogP contribution in [0.3, 0.4) is 0 Å². The van der Waals surface area contributed by atoms with Crippen LogP contribution in [-0.4, -0.2) is 35.3 Å². The van der Waals surface area contributed by atoms with Crippen molar-refractivity contribution in [2.24, 2.45) is 11.8 Å². The maximum absolute atomic E-state index is 10.9. The molecule has 2 fully saturated rings. The summed E-state index contributed by atoms with van der Waals surface area (Å²) in [5.41, 5.74) is 6.37. The lowest BCUT2D eigenvalue weighted by molar-refractivity contribution is 0.144. The smallest absolute Gasteiger partial charge is 0.407 e. The van der Waals surface area contributed by atoms with Crippen LogP contribution in [0.15, 0.2) is 24.3 Å². The molecule has 0 radical (unpaired) electrons. The maximum atomic E-state index is 10.9. The fraction of sp³-hybridized carbons (Fsp3) is 0.500. The van der Waals surface area contributed by atoms with Crippen LogP contribution in [0.2, 0.25) is 0 Å². The topological polar surface area (TPSA) is 75.8 Å². The van der Waals surface area contributed by atoms with Crippen LogP contribution in [0.25, 0.3) is 0 Å². The van der Waals surface area contributed by atoms with Gasteiger partial charge in [-0.25, -0.2) is 4.79 Å². The zero-order valence-corrected chi connectivity index (χ0v) is 10.7. The number of nitrogens with two attached hydrogens (primary N) is 1. The van der Waals surface area contributed by atoms with E-state index in [1.54, 1.807) is 0 Å². The van der Waals surface area contributed by atoms with Crippen molar-refractivity contribution in [3.05, 3.63) is 24.3 Å². The van der Waals surface area contributed by atoms with Crippen LogP contribution in [-0.2, 0) is 0 Å². The largest absolute Gasteiger partial charge is 0.490 e. The first-order chi connectivity index (χ1) is 9.11. The Labute approximate surface area is 112 Å². The first-order valence-corrected chi connectivity index (χ1v) is 6.62. The molecule has 1 amide bonds. The summed E-state index contributed by atoms with van der Waals surface area (Å²) in [5, 5.41) is 8.98. The lowest BCUT2D eigenvalue weighted by atomic mass is 10.0. The van der Waals surface area contributed by atoms with Crippen molar-refractivity contribution < 1.29 is 14.6 Å². The number of carbonyl (C=O) groups is 1. The number of nitrogens with zero attached hydrogens (tertiary/aromatic N) is 1. The quantitative estimate of drug-likeness (QED) is 0.800. The number of likely N-dealkylation sites (tertiary alicyclic amines) is 1. The number of nitrogen functional groups attached to an aromatic ring is 1. The predicted molar refractivity (Wildman–Crippen MR) is 71.1 cm³/mol. The Kier molecular flexibility index (Phi) is 2.97. The first kappa shape index (κ1) is 12.1. The molecule has 1 aliphatic heterocycles. The van der Waals surface area contributed by atoms with Gasteiger partial charge in [-0.15, -0.1) is 0 Å². The number of rotatable bonds is 2. The second kappa shape index (κ2) is 4.64. The molecule has 0 spiro atoms. The number of anilines is 1. The average molecular weight is 262 g/mol. The number of amides is 1. The van der Waals surface area contributed by atoms with Crippen LogP contribution in [0.1, 0.15) is 12.8 Å². The Morgan fingerprint density at radius 2 is 1.79 bits per heavy atom. The highest BCUT2D eigenvalue weighted by Gasteiger charge is 2.43. The van der Waals surface area contributed by atoms with E-state index < -0.39 is 6.09 Å². The SMILES string of the molecule is Nc1ccc(OC2C[C@@H]3CN(C(=O)O)C[C@@H]3C2)cc1. The Bertz CT molecular complexity index is 460. The molecular weight excluding hydrogens is 244 g/mol. The molecule has 102 valence electrons. The van der Waals surface area contributed by atoms with Gasteiger partial charge in [0.25, 0.3) is 0 Å². The normalized spacial score (nSPS) is 29.3. The van der Waals surface area contributed by atoms with Gasteiger partial charge in [0.05, 0.1) is 6.10 Å². The molecule has 3 N–H and O–H groups in total. The summed E-state index contributed by atoms with van der Waals surface area (Å²) < 4.78 is 5.94. The number of hydrogen-bond acceptors (Lipinski definition) is 3. The molecule has 19 heavy (non-hydrogen) atoms. The number of fused-ring (bicyclic) bond motifs is 1. The fourth-order valence-electron chi connectivity index (χ4n) is 3.24. The molecule has 1 saturated heterocycles. The van der Waals surface area contributed by atoms with Gasteiger partial charge >= 0.3 is 6.09 Å². The third-order valence-electron chi connectivity index (χ3n) is 4.16. The third kappa shape index (κ3) is 2.45. The zero-order chi connectivity index (χ0) is 13.4. The summed E-state index contributed by atoms with van der Waals surface area (Å²) in [6.07, 6.45) is 1.29. The third-order valence-corrected chi connectivity index (χ3v) is 4.16. The van der Waals surface area contributed by atoms with Crippen LogP contribution in [0, 0.1) is 11.8 Å². The maximum Gasteiger partial charge on any atom is 0.407 e.